The van der Waals surface area contributed by atoms with E-state index in [9.17, 15) is 19.5 Å². The fraction of sp³-hybridized carbons (Fsp3) is 0.594. The number of ether oxygens (including phenoxy) is 1. The van der Waals surface area contributed by atoms with Crippen LogP contribution in [0.4, 0.5) is 5.69 Å². The number of carbonyl (C=O) groups is 3. The first-order chi connectivity index (χ1) is 19.1. The van der Waals surface area contributed by atoms with Crippen LogP contribution in [0.5, 0.6) is 0 Å². The van der Waals surface area contributed by atoms with Crippen molar-refractivity contribution < 1.29 is 24.2 Å². The summed E-state index contributed by atoms with van der Waals surface area (Å²) in [4.78, 5) is 47.8. The number of carbonyl (C=O) groups excluding carboxylic acids is 3. The molecule has 3 aliphatic heterocycles. The second-order valence-electron chi connectivity index (χ2n) is 11.9. The third kappa shape index (κ3) is 5.00. The normalized spacial score (nSPS) is 28.5. The summed E-state index contributed by atoms with van der Waals surface area (Å²) >= 11 is 0. The molecule has 2 bridgehead atoms. The second-order valence-corrected chi connectivity index (χ2v) is 11.9. The predicted molar refractivity (Wildman–Crippen MR) is 156 cm³/mol. The molecule has 8 heteroatoms. The average molecular weight is 552 g/mol. The molecule has 3 fully saturated rings. The van der Waals surface area contributed by atoms with Crippen molar-refractivity contribution in [2.24, 2.45) is 11.8 Å². The number of likely N-dealkylation sites (N-methyl/N-ethyl adjacent to an activating group) is 1. The van der Waals surface area contributed by atoms with Crippen LogP contribution in [0.15, 0.2) is 43.5 Å². The largest absolute Gasteiger partial charge is 0.396 e. The van der Waals surface area contributed by atoms with Crippen molar-refractivity contribution in [3.63, 3.8) is 0 Å². The lowest BCUT2D eigenvalue weighted by Crippen LogP contribution is -2.56. The van der Waals surface area contributed by atoms with Gasteiger partial charge in [-0.05, 0) is 63.6 Å². The van der Waals surface area contributed by atoms with Crippen molar-refractivity contribution in [3.05, 3.63) is 54.6 Å². The first-order valence-electron chi connectivity index (χ1n) is 14.5. The molecule has 218 valence electrons. The van der Waals surface area contributed by atoms with Gasteiger partial charge in [-0.25, -0.2) is 0 Å². The van der Waals surface area contributed by atoms with Crippen molar-refractivity contribution in [1.29, 1.82) is 0 Å². The van der Waals surface area contributed by atoms with Gasteiger partial charge in [0.1, 0.15) is 11.6 Å². The number of unbranched alkanes of at least 4 members (excludes halogenated alkanes) is 3. The van der Waals surface area contributed by atoms with E-state index in [-0.39, 0.29) is 24.3 Å². The zero-order chi connectivity index (χ0) is 29.2. The molecule has 3 aliphatic rings. The van der Waals surface area contributed by atoms with Gasteiger partial charge in [0.25, 0.3) is 5.91 Å². The lowest BCUT2D eigenvalue weighted by Gasteiger charge is -2.37. The van der Waals surface area contributed by atoms with Gasteiger partial charge in [-0.15, -0.1) is 13.2 Å². The summed E-state index contributed by atoms with van der Waals surface area (Å²) in [7, 11) is 1.72. The van der Waals surface area contributed by atoms with Crippen LogP contribution in [0.1, 0.15) is 56.6 Å². The molecule has 1 spiro atoms. The number of likely N-dealkylation sites (tertiary alicyclic amines) is 1. The zero-order valence-electron chi connectivity index (χ0n) is 24.5. The summed E-state index contributed by atoms with van der Waals surface area (Å²) in [6.07, 6.45) is 7.61. The highest BCUT2D eigenvalue weighted by Crippen LogP contribution is 2.63. The van der Waals surface area contributed by atoms with Gasteiger partial charge in [-0.1, -0.05) is 37.1 Å². The Balaban J connectivity index is 1.77. The summed E-state index contributed by atoms with van der Waals surface area (Å²) < 4.78 is 6.79. The van der Waals surface area contributed by atoms with Crippen molar-refractivity contribution >= 4 is 23.4 Å². The standard InChI is InChI=1S/C32H45N3O5/c1-7-17-33(6)28(37)25-26-29(38)35(19-11-9-10-12-20-36)27(32(26)16-15-31(25,5)40-32)30(39)34(18-8-2)24-21-22(3)13-14-23(24)4/h7-8,13-14,21,25-27,36H,1-2,9-12,15-20H2,3-6H3/t25-,26-,27?,31+,32?/m0/s1. The van der Waals surface area contributed by atoms with Gasteiger partial charge in [0, 0.05) is 39.0 Å². The monoisotopic (exact) mass is 551 g/mol. The quantitative estimate of drug-likeness (QED) is 0.298. The molecule has 1 aromatic carbocycles. The molecule has 5 atom stereocenters. The fourth-order valence-electron chi connectivity index (χ4n) is 7.18. The SMILES string of the molecule is C=CCN(C)C(=O)[C@@H]1[C@H]2C(=O)N(CCCCCCO)C(C(=O)N(CC=C)c3cc(C)ccc3C)C23CC[C@@]1(C)O3. The molecule has 4 rings (SSSR count). The van der Waals surface area contributed by atoms with Crippen molar-refractivity contribution in [2.45, 2.75) is 76.5 Å². The Morgan fingerprint density at radius 2 is 1.80 bits per heavy atom. The minimum atomic E-state index is -1.07. The number of aryl methyl sites for hydroxylation is 2. The zero-order valence-corrected chi connectivity index (χ0v) is 24.5. The van der Waals surface area contributed by atoms with Gasteiger partial charge < -0.3 is 24.5 Å². The Morgan fingerprint density at radius 1 is 1.10 bits per heavy atom. The molecule has 0 aliphatic carbocycles. The molecule has 3 saturated heterocycles. The average Bonchev–Trinajstić information content (AvgIpc) is 3.48. The van der Waals surface area contributed by atoms with E-state index in [0.29, 0.717) is 45.3 Å². The number of aliphatic hydroxyl groups is 1. The van der Waals surface area contributed by atoms with Gasteiger partial charge in [0.15, 0.2) is 0 Å². The molecule has 2 unspecified atom stereocenters. The van der Waals surface area contributed by atoms with Gasteiger partial charge in [-0.3, -0.25) is 14.4 Å². The maximum atomic E-state index is 14.7. The molecule has 1 aromatic rings. The van der Waals surface area contributed by atoms with Gasteiger partial charge in [0.2, 0.25) is 11.8 Å². The lowest BCUT2D eigenvalue weighted by molar-refractivity contribution is -0.149. The van der Waals surface area contributed by atoms with E-state index in [0.717, 1.165) is 29.7 Å². The molecule has 8 nitrogen and oxygen atoms in total. The van der Waals surface area contributed by atoms with Crippen molar-refractivity contribution in [2.75, 3.05) is 38.2 Å². The maximum absolute atomic E-state index is 14.7. The number of nitrogens with zero attached hydrogens (tertiary/aromatic N) is 3. The molecular weight excluding hydrogens is 506 g/mol. The van der Waals surface area contributed by atoms with Crippen LogP contribution in [0.2, 0.25) is 0 Å². The Bertz CT molecular complexity index is 1170. The first kappa shape index (κ1) is 30.0. The molecule has 3 heterocycles. The van der Waals surface area contributed by atoms with Crippen LogP contribution in [-0.4, -0.2) is 83.2 Å². The summed E-state index contributed by atoms with van der Waals surface area (Å²) in [5, 5.41) is 9.18. The van der Waals surface area contributed by atoms with Crippen LogP contribution < -0.4 is 4.90 Å². The maximum Gasteiger partial charge on any atom is 0.253 e. The topological polar surface area (TPSA) is 90.4 Å². The third-order valence-electron chi connectivity index (χ3n) is 9.10. The number of amides is 3. The minimum Gasteiger partial charge on any atom is -0.396 e. The van der Waals surface area contributed by atoms with E-state index >= 15 is 0 Å². The summed E-state index contributed by atoms with van der Waals surface area (Å²) in [5.41, 5.74) is 0.888. The summed E-state index contributed by atoms with van der Waals surface area (Å²) in [6.45, 7) is 14.8. The number of anilines is 1. The van der Waals surface area contributed by atoms with E-state index in [1.807, 2.05) is 39.0 Å². The highest BCUT2D eigenvalue weighted by Gasteiger charge is 2.78. The van der Waals surface area contributed by atoms with E-state index in [1.54, 1.807) is 33.9 Å². The Hall–Kier alpha value is -2.97. The molecule has 0 radical (unpaired) electrons. The van der Waals surface area contributed by atoms with Crippen LogP contribution >= 0.6 is 0 Å². The van der Waals surface area contributed by atoms with Gasteiger partial charge >= 0.3 is 0 Å². The van der Waals surface area contributed by atoms with E-state index < -0.39 is 29.1 Å². The van der Waals surface area contributed by atoms with E-state index in [4.69, 9.17) is 4.74 Å². The van der Waals surface area contributed by atoms with Crippen molar-refractivity contribution in [1.82, 2.24) is 9.80 Å². The molecule has 0 saturated carbocycles. The number of benzene rings is 1. The van der Waals surface area contributed by atoms with Crippen LogP contribution in [0, 0.1) is 25.7 Å². The Morgan fingerprint density at radius 3 is 2.48 bits per heavy atom. The molecule has 1 N–H and O–H groups in total. The molecule has 3 amide bonds. The molecule has 40 heavy (non-hydrogen) atoms. The summed E-state index contributed by atoms with van der Waals surface area (Å²) in [5.74, 6) is -1.90. The number of aliphatic hydroxyl groups excluding tert-OH is 1. The lowest BCUT2D eigenvalue weighted by atomic mass is 9.66. The highest BCUT2D eigenvalue weighted by molar-refractivity contribution is 6.05. The number of fused-ring (bicyclic) bond motifs is 1. The van der Waals surface area contributed by atoms with E-state index in [2.05, 4.69) is 13.2 Å². The predicted octanol–water partition coefficient (Wildman–Crippen LogP) is 3.78. The Kier molecular flexibility index (Phi) is 8.90. The fourth-order valence-corrected chi connectivity index (χ4v) is 7.18. The van der Waals surface area contributed by atoms with Crippen LogP contribution in [0.25, 0.3) is 0 Å². The van der Waals surface area contributed by atoms with Gasteiger partial charge in [-0.2, -0.15) is 0 Å². The van der Waals surface area contributed by atoms with Crippen LogP contribution in [0.3, 0.4) is 0 Å². The van der Waals surface area contributed by atoms with Crippen LogP contribution in [-0.2, 0) is 19.1 Å². The van der Waals surface area contributed by atoms with Crippen molar-refractivity contribution in [3.8, 4) is 0 Å². The molecular formula is C32H45N3O5. The third-order valence-corrected chi connectivity index (χ3v) is 9.10. The second kappa shape index (κ2) is 11.9. The molecule has 0 aromatic heterocycles. The Labute approximate surface area is 238 Å². The summed E-state index contributed by atoms with van der Waals surface area (Å²) in [6, 6.07) is 5.16. The number of hydrogen-bond acceptors (Lipinski definition) is 5. The first-order valence-corrected chi connectivity index (χ1v) is 14.5. The highest BCUT2D eigenvalue weighted by atomic mass is 16.5. The van der Waals surface area contributed by atoms with E-state index in [1.165, 1.54) is 0 Å². The minimum absolute atomic E-state index is 0.135. The smallest absolute Gasteiger partial charge is 0.253 e. The van der Waals surface area contributed by atoms with Gasteiger partial charge in [0.05, 0.1) is 17.4 Å². The number of rotatable bonds is 13. The number of hydrogen-bond donors (Lipinski definition) is 1.